The van der Waals surface area contributed by atoms with Crippen LogP contribution in [0.5, 0.6) is 0 Å². The normalized spacial score (nSPS) is 18.5. The van der Waals surface area contributed by atoms with Crippen molar-refractivity contribution in [2.75, 3.05) is 0 Å². The van der Waals surface area contributed by atoms with Gasteiger partial charge in [-0.25, -0.2) is 0 Å². The summed E-state index contributed by atoms with van der Waals surface area (Å²) in [4.78, 5) is 0. The molecule has 1 aliphatic rings. The highest BCUT2D eigenvalue weighted by atomic mass is 79.9. The van der Waals surface area contributed by atoms with Crippen LogP contribution in [0.2, 0.25) is 5.02 Å². The van der Waals surface area contributed by atoms with Gasteiger partial charge in [0, 0.05) is 21.6 Å². The number of halogens is 2. The van der Waals surface area contributed by atoms with Gasteiger partial charge >= 0.3 is 0 Å². The van der Waals surface area contributed by atoms with Crippen molar-refractivity contribution in [3.63, 3.8) is 0 Å². The predicted molar refractivity (Wildman–Crippen MR) is 92.8 cm³/mol. The van der Waals surface area contributed by atoms with E-state index in [2.05, 4.69) is 64.6 Å². The number of nitrogens with one attached hydrogen (secondary N) is 1. The van der Waals surface area contributed by atoms with Gasteiger partial charge in [-0.05, 0) is 60.2 Å². The van der Waals surface area contributed by atoms with Crippen molar-refractivity contribution in [1.82, 2.24) is 5.32 Å². The molecule has 21 heavy (non-hydrogen) atoms. The van der Waals surface area contributed by atoms with Crippen molar-refractivity contribution in [2.45, 2.75) is 38.3 Å². The fourth-order valence-corrected chi connectivity index (χ4v) is 3.61. The lowest BCUT2D eigenvalue weighted by molar-refractivity contribution is 0.433. The molecule has 2 aromatic rings. The van der Waals surface area contributed by atoms with E-state index in [0.717, 1.165) is 28.8 Å². The lowest BCUT2D eigenvalue weighted by atomic mass is 10.0. The molecule has 2 atom stereocenters. The first-order valence-corrected chi connectivity index (χ1v) is 8.64. The largest absolute Gasteiger partial charge is 0.303 e. The fourth-order valence-electron chi connectivity index (χ4n) is 3.15. The van der Waals surface area contributed by atoms with Crippen LogP contribution in [-0.4, -0.2) is 0 Å². The first-order valence-electron chi connectivity index (χ1n) is 7.47. The van der Waals surface area contributed by atoms with E-state index in [9.17, 15) is 0 Å². The monoisotopic (exact) mass is 363 g/mol. The van der Waals surface area contributed by atoms with Gasteiger partial charge < -0.3 is 5.32 Å². The molecule has 0 aliphatic heterocycles. The average Bonchev–Trinajstić information content (AvgIpc) is 2.88. The Bertz CT molecular complexity index is 624. The first kappa shape index (κ1) is 15.1. The molecule has 0 saturated heterocycles. The molecule has 1 aliphatic carbocycles. The molecule has 0 radical (unpaired) electrons. The number of rotatable bonds is 4. The molecular weight excluding hydrogens is 346 g/mol. The highest BCUT2D eigenvalue weighted by Crippen LogP contribution is 2.35. The number of hydrogen-bond donors (Lipinski definition) is 1. The fraction of sp³-hybridized carbons (Fsp3) is 0.333. The van der Waals surface area contributed by atoms with E-state index >= 15 is 0 Å². The van der Waals surface area contributed by atoms with Crippen LogP contribution in [0.25, 0.3) is 0 Å². The minimum atomic E-state index is 0.393. The van der Waals surface area contributed by atoms with Crippen molar-refractivity contribution < 1.29 is 0 Å². The smallest absolute Gasteiger partial charge is 0.0408 e. The molecule has 1 nitrogen and oxygen atoms in total. The molecule has 0 aromatic heterocycles. The second-order valence-electron chi connectivity index (χ2n) is 5.61. The zero-order valence-electron chi connectivity index (χ0n) is 12.1. The number of fused-ring (bicyclic) bond motifs is 1. The van der Waals surface area contributed by atoms with Gasteiger partial charge in [0.15, 0.2) is 0 Å². The Labute approximate surface area is 139 Å². The Morgan fingerprint density at radius 1 is 1.24 bits per heavy atom. The molecule has 2 unspecified atom stereocenters. The van der Waals surface area contributed by atoms with E-state index in [4.69, 9.17) is 11.6 Å². The summed E-state index contributed by atoms with van der Waals surface area (Å²) >= 11 is 9.59. The lowest BCUT2D eigenvalue weighted by Gasteiger charge is -2.23. The molecule has 0 saturated carbocycles. The topological polar surface area (TPSA) is 12.0 Å². The third-order valence-corrected chi connectivity index (χ3v) is 5.03. The van der Waals surface area contributed by atoms with Crippen LogP contribution in [-0.2, 0) is 6.42 Å². The maximum Gasteiger partial charge on any atom is 0.0408 e. The Kier molecular flexibility index (Phi) is 4.68. The van der Waals surface area contributed by atoms with Crippen LogP contribution in [0.4, 0.5) is 0 Å². The second kappa shape index (κ2) is 6.51. The van der Waals surface area contributed by atoms with E-state index in [-0.39, 0.29) is 0 Å². The summed E-state index contributed by atoms with van der Waals surface area (Å²) in [7, 11) is 0. The minimum absolute atomic E-state index is 0.393. The van der Waals surface area contributed by atoms with Gasteiger partial charge in [-0.3, -0.25) is 0 Å². The molecule has 0 bridgehead atoms. The van der Waals surface area contributed by atoms with E-state index < -0.39 is 0 Å². The SMILES string of the molecule is CCC(NC1CCc2cc(Cl)ccc21)c1ccc(Br)cc1. The Morgan fingerprint density at radius 3 is 2.71 bits per heavy atom. The summed E-state index contributed by atoms with van der Waals surface area (Å²) < 4.78 is 1.13. The van der Waals surface area contributed by atoms with Crippen LogP contribution in [0, 0.1) is 0 Å². The average molecular weight is 365 g/mol. The van der Waals surface area contributed by atoms with Crippen molar-refractivity contribution in [3.05, 3.63) is 68.7 Å². The number of benzene rings is 2. The van der Waals surface area contributed by atoms with Gasteiger partial charge in [0.1, 0.15) is 0 Å². The van der Waals surface area contributed by atoms with E-state index in [1.165, 1.54) is 16.7 Å². The highest BCUT2D eigenvalue weighted by Gasteiger charge is 2.24. The van der Waals surface area contributed by atoms with Gasteiger partial charge in [-0.2, -0.15) is 0 Å². The third kappa shape index (κ3) is 3.33. The summed E-state index contributed by atoms with van der Waals surface area (Å²) in [6.45, 7) is 2.23. The summed E-state index contributed by atoms with van der Waals surface area (Å²) in [5.74, 6) is 0. The van der Waals surface area contributed by atoms with E-state index in [1.54, 1.807) is 0 Å². The summed E-state index contributed by atoms with van der Waals surface area (Å²) in [6.07, 6.45) is 3.36. The maximum atomic E-state index is 6.09. The Balaban J connectivity index is 1.78. The predicted octanol–water partition coefficient (Wildman–Crippen LogP) is 5.83. The summed E-state index contributed by atoms with van der Waals surface area (Å²) in [6, 6.07) is 15.7. The highest BCUT2D eigenvalue weighted by molar-refractivity contribution is 9.10. The zero-order valence-corrected chi connectivity index (χ0v) is 14.4. The van der Waals surface area contributed by atoms with Crippen LogP contribution >= 0.6 is 27.5 Å². The molecule has 3 rings (SSSR count). The van der Waals surface area contributed by atoms with Gasteiger partial charge in [0.2, 0.25) is 0 Å². The maximum absolute atomic E-state index is 6.09. The van der Waals surface area contributed by atoms with Crippen molar-refractivity contribution in [3.8, 4) is 0 Å². The van der Waals surface area contributed by atoms with Gasteiger partial charge in [-0.1, -0.05) is 52.7 Å². The minimum Gasteiger partial charge on any atom is -0.303 e. The molecule has 3 heteroatoms. The third-order valence-electron chi connectivity index (χ3n) is 4.27. The molecular formula is C18H19BrClN. The molecule has 110 valence electrons. The van der Waals surface area contributed by atoms with Crippen LogP contribution in [0.3, 0.4) is 0 Å². The van der Waals surface area contributed by atoms with Crippen LogP contribution in [0.1, 0.15) is 48.5 Å². The van der Waals surface area contributed by atoms with Gasteiger partial charge in [-0.15, -0.1) is 0 Å². The number of aryl methyl sites for hydroxylation is 1. The van der Waals surface area contributed by atoms with Crippen LogP contribution in [0.15, 0.2) is 46.9 Å². The summed E-state index contributed by atoms with van der Waals surface area (Å²) in [5, 5.41) is 4.66. The van der Waals surface area contributed by atoms with Crippen LogP contribution < -0.4 is 5.32 Å². The molecule has 0 fully saturated rings. The van der Waals surface area contributed by atoms with E-state index in [1.807, 2.05) is 6.07 Å². The molecule has 0 heterocycles. The Morgan fingerprint density at radius 2 is 2.00 bits per heavy atom. The Hall–Kier alpha value is -0.830. The van der Waals surface area contributed by atoms with Crippen molar-refractivity contribution in [1.29, 1.82) is 0 Å². The van der Waals surface area contributed by atoms with Crippen molar-refractivity contribution in [2.24, 2.45) is 0 Å². The summed E-state index contributed by atoms with van der Waals surface area (Å²) in [5.41, 5.74) is 4.16. The van der Waals surface area contributed by atoms with Gasteiger partial charge in [0.25, 0.3) is 0 Å². The zero-order chi connectivity index (χ0) is 14.8. The number of hydrogen-bond acceptors (Lipinski definition) is 1. The second-order valence-corrected chi connectivity index (χ2v) is 6.97. The molecule has 0 spiro atoms. The quantitative estimate of drug-likeness (QED) is 0.719. The van der Waals surface area contributed by atoms with Gasteiger partial charge in [0.05, 0.1) is 0 Å². The molecule has 1 N–H and O–H groups in total. The van der Waals surface area contributed by atoms with Crippen molar-refractivity contribution >= 4 is 27.5 Å². The lowest BCUT2D eigenvalue weighted by Crippen LogP contribution is -2.24. The molecule has 0 amide bonds. The van der Waals surface area contributed by atoms with E-state index in [0.29, 0.717) is 12.1 Å². The molecule has 2 aromatic carbocycles. The first-order chi connectivity index (χ1) is 10.2. The standard InChI is InChI=1S/C18H19BrClN/c1-2-17(12-3-6-14(19)7-4-12)21-18-10-5-13-11-15(20)8-9-16(13)18/h3-4,6-9,11,17-18,21H,2,5,10H2,1H3.